The molecule has 2 atom stereocenters. The normalized spacial score (nSPS) is 18.7. The van der Waals surface area contributed by atoms with Crippen LogP contribution in [0.5, 0.6) is 17.4 Å². The van der Waals surface area contributed by atoms with E-state index in [0.29, 0.717) is 22.9 Å². The number of hydrogen-bond acceptors (Lipinski definition) is 8. The first-order chi connectivity index (χ1) is 17.6. The Bertz CT molecular complexity index is 1370. The first-order valence-electron chi connectivity index (χ1n) is 11.9. The molecule has 0 saturated carbocycles. The van der Waals surface area contributed by atoms with Gasteiger partial charge in [-0.2, -0.15) is 0 Å². The third kappa shape index (κ3) is 5.16. The van der Waals surface area contributed by atoms with Crippen LogP contribution in [0.4, 0.5) is 4.79 Å². The van der Waals surface area contributed by atoms with Gasteiger partial charge in [-0.3, -0.25) is 4.90 Å². The second kappa shape index (κ2) is 9.74. The number of nitrogens with zero attached hydrogens (tertiary/aromatic N) is 2. The summed E-state index contributed by atoms with van der Waals surface area (Å²) >= 11 is 3.53. The Morgan fingerprint density at radius 3 is 2.68 bits per heavy atom. The second-order valence-corrected chi connectivity index (χ2v) is 10.8. The van der Waals surface area contributed by atoms with Gasteiger partial charge in [0.15, 0.2) is 11.5 Å². The average Bonchev–Trinajstić information content (AvgIpc) is 3.49. The number of benzene rings is 2. The monoisotopic (exact) mass is 570 g/mol. The third-order valence-electron chi connectivity index (χ3n) is 6.07. The molecule has 1 fully saturated rings. The van der Waals surface area contributed by atoms with Crippen molar-refractivity contribution < 1.29 is 33.3 Å². The molecule has 3 aromatic rings. The van der Waals surface area contributed by atoms with Crippen molar-refractivity contribution in [2.24, 2.45) is 0 Å². The SMILES string of the molecule is COC(=O)[C@@H]1C[C@@H](Oc2nc3c4c(ccc3cc2-c2cccc(Br)c2)OCO4)CN1C(=O)OC(C)(C)C. The van der Waals surface area contributed by atoms with Gasteiger partial charge in [-0.05, 0) is 56.7 Å². The third-order valence-corrected chi connectivity index (χ3v) is 6.56. The van der Waals surface area contributed by atoms with Crippen LogP contribution in [0.15, 0.2) is 46.9 Å². The number of likely N-dealkylation sites (tertiary alicyclic amines) is 1. The number of carbonyl (C=O) groups excluding carboxylic acids is 2. The van der Waals surface area contributed by atoms with E-state index >= 15 is 0 Å². The number of ether oxygens (including phenoxy) is 5. The van der Waals surface area contributed by atoms with Crippen LogP contribution >= 0.6 is 15.9 Å². The van der Waals surface area contributed by atoms with E-state index in [4.69, 9.17) is 28.7 Å². The molecule has 1 aromatic heterocycles. The summed E-state index contributed by atoms with van der Waals surface area (Å²) in [4.78, 5) is 31.6. The molecule has 37 heavy (non-hydrogen) atoms. The van der Waals surface area contributed by atoms with Crippen LogP contribution in [-0.4, -0.2) is 60.1 Å². The summed E-state index contributed by atoms with van der Waals surface area (Å²) in [6, 6.07) is 12.7. The average molecular weight is 571 g/mol. The molecule has 0 aliphatic carbocycles. The van der Waals surface area contributed by atoms with Crippen molar-refractivity contribution >= 4 is 38.9 Å². The lowest BCUT2D eigenvalue weighted by molar-refractivity contribution is -0.145. The molecule has 9 nitrogen and oxygen atoms in total. The smallest absolute Gasteiger partial charge is 0.411 e. The molecule has 3 heterocycles. The number of amides is 1. The van der Waals surface area contributed by atoms with E-state index in [9.17, 15) is 9.59 Å². The fraction of sp³-hybridized carbons (Fsp3) is 0.370. The number of rotatable bonds is 4. The van der Waals surface area contributed by atoms with Gasteiger partial charge in [0.25, 0.3) is 0 Å². The minimum atomic E-state index is -0.833. The molecule has 0 bridgehead atoms. The summed E-state index contributed by atoms with van der Waals surface area (Å²) in [6.45, 7) is 5.58. The molecule has 1 amide bonds. The molecule has 2 aliphatic rings. The van der Waals surface area contributed by atoms with Crippen LogP contribution in [0.1, 0.15) is 27.2 Å². The van der Waals surface area contributed by atoms with Crippen LogP contribution in [0, 0.1) is 0 Å². The Hall–Kier alpha value is -3.53. The van der Waals surface area contributed by atoms with E-state index in [0.717, 1.165) is 21.0 Å². The van der Waals surface area contributed by atoms with Gasteiger partial charge in [0.2, 0.25) is 12.7 Å². The van der Waals surface area contributed by atoms with Crippen molar-refractivity contribution in [3.05, 3.63) is 46.9 Å². The lowest BCUT2D eigenvalue weighted by Crippen LogP contribution is -2.44. The highest BCUT2D eigenvalue weighted by Gasteiger charge is 2.43. The molecule has 5 rings (SSSR count). The molecule has 0 unspecified atom stereocenters. The summed E-state index contributed by atoms with van der Waals surface area (Å²) < 4.78 is 29.0. The highest BCUT2D eigenvalue weighted by atomic mass is 79.9. The van der Waals surface area contributed by atoms with Gasteiger partial charge in [0, 0.05) is 21.8 Å². The molecule has 2 aliphatic heterocycles. The van der Waals surface area contributed by atoms with Crippen molar-refractivity contribution in [2.45, 2.75) is 44.9 Å². The molecule has 194 valence electrons. The highest BCUT2D eigenvalue weighted by Crippen LogP contribution is 2.42. The summed E-state index contributed by atoms with van der Waals surface area (Å²) in [5.41, 5.74) is 1.55. The van der Waals surface area contributed by atoms with E-state index < -0.39 is 29.8 Å². The molecule has 0 spiro atoms. The van der Waals surface area contributed by atoms with Crippen LogP contribution in [0.2, 0.25) is 0 Å². The molecule has 0 N–H and O–H groups in total. The quantitative estimate of drug-likeness (QED) is 0.389. The van der Waals surface area contributed by atoms with Crippen molar-refractivity contribution in [3.8, 4) is 28.5 Å². The van der Waals surface area contributed by atoms with E-state index in [-0.39, 0.29) is 19.8 Å². The Morgan fingerprint density at radius 1 is 1.14 bits per heavy atom. The predicted octanol–water partition coefficient (Wildman–Crippen LogP) is 5.32. The summed E-state index contributed by atoms with van der Waals surface area (Å²) in [5, 5.41) is 0.862. The van der Waals surface area contributed by atoms with Gasteiger partial charge < -0.3 is 23.7 Å². The second-order valence-electron chi connectivity index (χ2n) is 9.87. The number of aromatic nitrogens is 1. The number of pyridine rings is 1. The fourth-order valence-corrected chi connectivity index (χ4v) is 4.86. The zero-order valence-corrected chi connectivity index (χ0v) is 22.5. The van der Waals surface area contributed by atoms with Crippen LogP contribution in [0.25, 0.3) is 22.0 Å². The van der Waals surface area contributed by atoms with Crippen LogP contribution in [-0.2, 0) is 14.3 Å². The zero-order chi connectivity index (χ0) is 26.3. The van der Waals surface area contributed by atoms with Crippen molar-refractivity contribution in [1.29, 1.82) is 0 Å². The highest BCUT2D eigenvalue weighted by molar-refractivity contribution is 9.10. The van der Waals surface area contributed by atoms with E-state index in [2.05, 4.69) is 15.9 Å². The molecule has 1 saturated heterocycles. The van der Waals surface area contributed by atoms with Gasteiger partial charge in [-0.25, -0.2) is 14.6 Å². The lowest BCUT2D eigenvalue weighted by Gasteiger charge is -2.27. The molecule has 0 radical (unpaired) electrons. The number of esters is 1. The van der Waals surface area contributed by atoms with Gasteiger partial charge in [-0.1, -0.05) is 28.1 Å². The maximum atomic E-state index is 12.9. The minimum absolute atomic E-state index is 0.119. The molecular formula is C27H27BrN2O7. The number of hydrogen-bond donors (Lipinski definition) is 0. The minimum Gasteiger partial charge on any atom is -0.472 e. The van der Waals surface area contributed by atoms with Crippen molar-refractivity contribution in [2.75, 3.05) is 20.4 Å². The Kier molecular flexibility index (Phi) is 6.61. The Morgan fingerprint density at radius 2 is 1.95 bits per heavy atom. The first kappa shape index (κ1) is 25.1. The standard InChI is InChI=1S/C27H27BrN2O7/c1-27(2,3)37-26(32)30-13-18(12-20(30)25(31)33-4)36-24-19(15-6-5-7-17(28)10-15)11-16-8-9-21-23(22(16)29-24)35-14-34-21/h5-11,18,20H,12-14H2,1-4H3/t18-,20+/m1/s1. The topological polar surface area (TPSA) is 96.4 Å². The fourth-order valence-electron chi connectivity index (χ4n) is 4.46. The van der Waals surface area contributed by atoms with Gasteiger partial charge in [-0.15, -0.1) is 0 Å². The van der Waals surface area contributed by atoms with Crippen molar-refractivity contribution in [3.63, 3.8) is 0 Å². The zero-order valence-electron chi connectivity index (χ0n) is 20.9. The van der Waals surface area contributed by atoms with E-state index in [1.165, 1.54) is 12.0 Å². The maximum Gasteiger partial charge on any atom is 0.411 e. The van der Waals surface area contributed by atoms with Gasteiger partial charge in [0.05, 0.1) is 13.7 Å². The van der Waals surface area contributed by atoms with Gasteiger partial charge in [0.1, 0.15) is 23.3 Å². The number of methoxy groups -OCH3 is 1. The summed E-state index contributed by atoms with van der Waals surface area (Å²) in [6.07, 6.45) is -0.895. The molecular weight excluding hydrogens is 544 g/mol. The lowest BCUT2D eigenvalue weighted by atomic mass is 10.0. The number of fused-ring (bicyclic) bond motifs is 3. The largest absolute Gasteiger partial charge is 0.472 e. The predicted molar refractivity (Wildman–Crippen MR) is 139 cm³/mol. The van der Waals surface area contributed by atoms with Crippen LogP contribution < -0.4 is 14.2 Å². The van der Waals surface area contributed by atoms with E-state index in [1.807, 2.05) is 42.5 Å². The van der Waals surface area contributed by atoms with Gasteiger partial charge >= 0.3 is 12.1 Å². The Balaban J connectivity index is 1.53. The molecule has 10 heteroatoms. The number of carbonyl (C=O) groups is 2. The van der Waals surface area contributed by atoms with Crippen LogP contribution in [0.3, 0.4) is 0 Å². The van der Waals surface area contributed by atoms with Crippen molar-refractivity contribution in [1.82, 2.24) is 9.88 Å². The number of halogens is 1. The maximum absolute atomic E-state index is 12.9. The summed E-state index contributed by atoms with van der Waals surface area (Å²) in [5.74, 6) is 0.995. The molecule has 2 aromatic carbocycles. The summed E-state index contributed by atoms with van der Waals surface area (Å²) in [7, 11) is 1.29. The first-order valence-corrected chi connectivity index (χ1v) is 12.7. The Labute approximate surface area is 222 Å². The van der Waals surface area contributed by atoms with E-state index in [1.54, 1.807) is 20.8 Å².